The van der Waals surface area contributed by atoms with Gasteiger partial charge in [-0.15, -0.1) is 0 Å². The number of nitrogens with zero attached hydrogens (tertiary/aromatic N) is 1. The summed E-state index contributed by atoms with van der Waals surface area (Å²) in [5.41, 5.74) is 0. The number of carbonyl (C=O) groups is 1. The van der Waals surface area contributed by atoms with Crippen molar-refractivity contribution in [3.05, 3.63) is 12.7 Å². The van der Waals surface area contributed by atoms with Crippen LogP contribution in [-0.2, 0) is 14.6 Å². The molecule has 1 heterocycles. The van der Waals surface area contributed by atoms with Gasteiger partial charge >= 0.3 is 0 Å². The van der Waals surface area contributed by atoms with Gasteiger partial charge in [0.25, 0.3) is 0 Å². The van der Waals surface area contributed by atoms with E-state index in [4.69, 9.17) is 0 Å². The topological polar surface area (TPSA) is 54.5 Å². The van der Waals surface area contributed by atoms with Gasteiger partial charge in [0.15, 0.2) is 9.84 Å². The lowest BCUT2D eigenvalue weighted by atomic mass is 10.3. The maximum atomic E-state index is 11.3. The van der Waals surface area contributed by atoms with Gasteiger partial charge in [-0.2, -0.15) is 0 Å². The minimum absolute atomic E-state index is 0.0632. The zero-order valence-corrected chi connectivity index (χ0v) is 8.38. The molecule has 0 saturated carbocycles. The van der Waals surface area contributed by atoms with Crippen LogP contribution in [0.3, 0.4) is 0 Å². The molecule has 1 saturated heterocycles. The molecule has 1 amide bonds. The first-order valence-corrected chi connectivity index (χ1v) is 5.82. The summed E-state index contributed by atoms with van der Waals surface area (Å²) in [7, 11) is -2.96. The van der Waals surface area contributed by atoms with Crippen molar-refractivity contribution in [1.82, 2.24) is 4.90 Å². The zero-order valence-electron chi connectivity index (χ0n) is 7.56. The number of hydrogen-bond donors (Lipinski definition) is 0. The van der Waals surface area contributed by atoms with Crippen LogP contribution in [0.2, 0.25) is 0 Å². The van der Waals surface area contributed by atoms with E-state index in [9.17, 15) is 13.2 Å². The van der Waals surface area contributed by atoms with E-state index in [-0.39, 0.29) is 24.7 Å². The summed E-state index contributed by atoms with van der Waals surface area (Å²) in [4.78, 5) is 12.6. The predicted molar refractivity (Wildman–Crippen MR) is 50.0 cm³/mol. The Morgan fingerprint density at radius 3 is 2.69 bits per heavy atom. The van der Waals surface area contributed by atoms with Gasteiger partial charge in [0.1, 0.15) is 0 Å². The third-order valence-corrected chi connectivity index (χ3v) is 4.35. The summed E-state index contributed by atoms with van der Waals surface area (Å²) in [6.07, 6.45) is 1.21. The van der Waals surface area contributed by atoms with Gasteiger partial charge < -0.3 is 4.90 Å². The van der Waals surface area contributed by atoms with Gasteiger partial charge in [-0.25, -0.2) is 8.42 Å². The molecule has 0 aliphatic carbocycles. The lowest BCUT2D eigenvalue weighted by molar-refractivity contribution is -0.125. The molecule has 5 heteroatoms. The van der Waals surface area contributed by atoms with Crippen molar-refractivity contribution >= 4 is 15.7 Å². The first-order valence-electron chi connectivity index (χ1n) is 4.10. The second-order valence-electron chi connectivity index (χ2n) is 3.17. The van der Waals surface area contributed by atoms with Crippen molar-refractivity contribution in [3.63, 3.8) is 0 Å². The minimum Gasteiger partial charge on any atom is -0.337 e. The van der Waals surface area contributed by atoms with Crippen LogP contribution in [-0.4, -0.2) is 43.3 Å². The van der Waals surface area contributed by atoms with Crippen molar-refractivity contribution in [3.8, 4) is 0 Å². The first kappa shape index (κ1) is 10.2. The van der Waals surface area contributed by atoms with Gasteiger partial charge in [0.2, 0.25) is 5.91 Å². The SMILES string of the molecule is C=CC(=O)N1CCS(=O)(=O)[C@@H](C)C1. The van der Waals surface area contributed by atoms with Gasteiger partial charge in [-0.05, 0) is 13.0 Å². The Bertz CT molecular complexity index is 320. The number of sulfone groups is 1. The van der Waals surface area contributed by atoms with Crippen molar-refractivity contribution in [2.45, 2.75) is 12.2 Å². The number of carbonyl (C=O) groups excluding carboxylic acids is 1. The highest BCUT2D eigenvalue weighted by molar-refractivity contribution is 7.92. The maximum absolute atomic E-state index is 11.3. The average Bonchev–Trinajstić information content (AvgIpc) is 2.08. The van der Waals surface area contributed by atoms with Crippen LogP contribution < -0.4 is 0 Å². The predicted octanol–water partition coefficient (Wildman–Crippen LogP) is -0.182. The van der Waals surface area contributed by atoms with E-state index in [1.165, 1.54) is 11.0 Å². The molecule has 0 unspecified atom stereocenters. The third kappa shape index (κ3) is 2.09. The molecule has 0 aromatic rings. The smallest absolute Gasteiger partial charge is 0.246 e. The molecule has 0 aromatic carbocycles. The highest BCUT2D eigenvalue weighted by Crippen LogP contribution is 2.11. The van der Waals surface area contributed by atoms with Crippen LogP contribution in [0.1, 0.15) is 6.92 Å². The van der Waals surface area contributed by atoms with Gasteiger partial charge in [0, 0.05) is 13.1 Å². The number of amides is 1. The van der Waals surface area contributed by atoms with Crippen molar-refractivity contribution in [2.75, 3.05) is 18.8 Å². The monoisotopic (exact) mass is 203 g/mol. The summed E-state index contributed by atoms with van der Waals surface area (Å²) in [5.74, 6) is -0.130. The summed E-state index contributed by atoms with van der Waals surface area (Å²) in [6, 6.07) is 0. The molecule has 13 heavy (non-hydrogen) atoms. The number of hydrogen-bond acceptors (Lipinski definition) is 3. The highest BCUT2D eigenvalue weighted by atomic mass is 32.2. The lowest BCUT2D eigenvalue weighted by Gasteiger charge is -2.29. The molecule has 0 bridgehead atoms. The first-order chi connectivity index (χ1) is 5.97. The van der Waals surface area contributed by atoms with Crippen LogP contribution in [0.25, 0.3) is 0 Å². The van der Waals surface area contributed by atoms with E-state index in [0.717, 1.165) is 0 Å². The van der Waals surface area contributed by atoms with Crippen molar-refractivity contribution in [2.24, 2.45) is 0 Å². The molecular formula is C8H13NO3S. The van der Waals surface area contributed by atoms with E-state index in [2.05, 4.69) is 6.58 Å². The molecule has 74 valence electrons. The van der Waals surface area contributed by atoms with Gasteiger partial charge in [0.05, 0.1) is 11.0 Å². The summed E-state index contributed by atoms with van der Waals surface area (Å²) in [5, 5.41) is -0.454. The third-order valence-electron chi connectivity index (χ3n) is 2.22. The molecule has 1 fully saturated rings. The fourth-order valence-electron chi connectivity index (χ4n) is 1.28. The van der Waals surface area contributed by atoms with Crippen LogP contribution in [0.5, 0.6) is 0 Å². The Morgan fingerprint density at radius 1 is 1.62 bits per heavy atom. The zero-order chi connectivity index (χ0) is 10.1. The van der Waals surface area contributed by atoms with Crippen molar-refractivity contribution < 1.29 is 13.2 Å². The lowest BCUT2D eigenvalue weighted by Crippen LogP contribution is -2.47. The quantitative estimate of drug-likeness (QED) is 0.555. The second kappa shape index (κ2) is 3.49. The summed E-state index contributed by atoms with van der Waals surface area (Å²) < 4.78 is 22.5. The van der Waals surface area contributed by atoms with E-state index in [1.54, 1.807) is 6.92 Å². The summed E-state index contributed by atoms with van der Waals surface area (Å²) in [6.45, 7) is 5.55. The van der Waals surface area contributed by atoms with Crippen LogP contribution in [0.4, 0.5) is 0 Å². The molecule has 4 nitrogen and oxygen atoms in total. The molecule has 0 spiro atoms. The van der Waals surface area contributed by atoms with Crippen LogP contribution in [0, 0.1) is 0 Å². The summed E-state index contributed by atoms with van der Waals surface area (Å²) >= 11 is 0. The fraction of sp³-hybridized carbons (Fsp3) is 0.625. The van der Waals surface area contributed by atoms with Crippen LogP contribution in [0.15, 0.2) is 12.7 Å². The minimum atomic E-state index is -2.96. The van der Waals surface area contributed by atoms with E-state index < -0.39 is 15.1 Å². The Labute approximate surface area is 78.1 Å². The molecule has 0 aromatic heterocycles. The van der Waals surface area contributed by atoms with Crippen molar-refractivity contribution in [1.29, 1.82) is 0 Å². The molecule has 0 N–H and O–H groups in total. The second-order valence-corrected chi connectivity index (χ2v) is 5.70. The molecule has 1 rings (SSSR count). The Hall–Kier alpha value is -0.840. The van der Waals surface area contributed by atoms with E-state index in [1.807, 2.05) is 0 Å². The molecular weight excluding hydrogens is 190 g/mol. The Kier molecular flexibility index (Phi) is 2.75. The van der Waals surface area contributed by atoms with Gasteiger partial charge in [-0.1, -0.05) is 6.58 Å². The fourth-order valence-corrected chi connectivity index (χ4v) is 2.57. The molecule has 1 atom stereocenters. The van der Waals surface area contributed by atoms with Gasteiger partial charge in [-0.3, -0.25) is 4.79 Å². The maximum Gasteiger partial charge on any atom is 0.246 e. The molecule has 0 radical (unpaired) electrons. The highest BCUT2D eigenvalue weighted by Gasteiger charge is 2.30. The molecule has 1 aliphatic rings. The molecule has 1 aliphatic heterocycles. The number of rotatable bonds is 1. The van der Waals surface area contributed by atoms with Crippen LogP contribution >= 0.6 is 0 Å². The van der Waals surface area contributed by atoms with E-state index >= 15 is 0 Å². The normalized spacial score (nSPS) is 26.8. The largest absolute Gasteiger partial charge is 0.337 e. The Morgan fingerprint density at radius 2 is 2.23 bits per heavy atom. The Balaban J connectivity index is 2.71. The standard InChI is InChI=1S/C8H13NO3S/c1-3-8(10)9-4-5-13(11,12)7(2)6-9/h3,7H,1,4-6H2,2H3/t7-/m0/s1. The van der Waals surface area contributed by atoms with E-state index in [0.29, 0.717) is 0 Å². The average molecular weight is 203 g/mol.